The zero-order valence-electron chi connectivity index (χ0n) is 12.5. The van der Waals surface area contributed by atoms with Crippen molar-refractivity contribution in [1.82, 2.24) is 5.32 Å². The Labute approximate surface area is 129 Å². The van der Waals surface area contributed by atoms with Gasteiger partial charge in [0.05, 0.1) is 0 Å². The summed E-state index contributed by atoms with van der Waals surface area (Å²) in [4.78, 5) is 12.4. The maximum atomic E-state index is 13.3. The van der Waals surface area contributed by atoms with Crippen LogP contribution in [0.1, 0.15) is 43.6 Å². The smallest absolute Gasteiger partial charge is 0.223 e. The maximum absolute atomic E-state index is 13.3. The number of rotatable bonds is 4. The second kappa shape index (κ2) is 6.32. The van der Waals surface area contributed by atoms with Gasteiger partial charge in [-0.15, -0.1) is 0 Å². The summed E-state index contributed by atoms with van der Waals surface area (Å²) in [6.07, 6.45) is 5.06. The van der Waals surface area contributed by atoms with E-state index in [2.05, 4.69) is 5.32 Å². The van der Waals surface area contributed by atoms with Gasteiger partial charge in [-0.2, -0.15) is 0 Å². The van der Waals surface area contributed by atoms with Crippen molar-refractivity contribution < 1.29 is 13.6 Å². The van der Waals surface area contributed by atoms with Gasteiger partial charge in [0, 0.05) is 12.0 Å². The highest BCUT2D eigenvalue weighted by Gasteiger charge is 2.45. The number of benzene rings is 1. The fraction of sp³-hybridized carbons (Fsp3) is 0.588. The van der Waals surface area contributed by atoms with E-state index in [-0.39, 0.29) is 23.8 Å². The predicted octanol–water partition coefficient (Wildman–Crippen LogP) is 2.70. The van der Waals surface area contributed by atoms with E-state index in [0.717, 1.165) is 25.3 Å². The Balaban J connectivity index is 1.59. The van der Waals surface area contributed by atoms with Crippen LogP contribution in [0.15, 0.2) is 18.2 Å². The summed E-state index contributed by atoms with van der Waals surface area (Å²) in [6.45, 7) is 0.599. The lowest BCUT2D eigenvalue weighted by Crippen LogP contribution is -2.45. The summed E-state index contributed by atoms with van der Waals surface area (Å²) in [6, 6.07) is 4.07. The fourth-order valence-electron chi connectivity index (χ4n) is 3.57. The van der Waals surface area contributed by atoms with Gasteiger partial charge in [0.15, 0.2) is 11.6 Å². The quantitative estimate of drug-likeness (QED) is 0.898. The van der Waals surface area contributed by atoms with E-state index in [9.17, 15) is 13.6 Å². The summed E-state index contributed by atoms with van der Waals surface area (Å²) in [5.41, 5.74) is 6.49. The Bertz CT molecular complexity index is 564. The van der Waals surface area contributed by atoms with Crippen LogP contribution in [-0.2, 0) is 4.79 Å². The molecule has 5 heteroatoms. The molecule has 0 radical (unpaired) electrons. The maximum Gasteiger partial charge on any atom is 0.223 e. The topological polar surface area (TPSA) is 55.1 Å². The lowest BCUT2D eigenvalue weighted by molar-refractivity contribution is -0.123. The number of halogens is 2. The average molecular weight is 308 g/mol. The van der Waals surface area contributed by atoms with Crippen molar-refractivity contribution in [1.29, 1.82) is 0 Å². The van der Waals surface area contributed by atoms with E-state index >= 15 is 0 Å². The summed E-state index contributed by atoms with van der Waals surface area (Å²) in [5, 5.41) is 3.12. The first-order chi connectivity index (χ1) is 10.6. The van der Waals surface area contributed by atoms with Crippen molar-refractivity contribution in [3.63, 3.8) is 0 Å². The Morgan fingerprint density at radius 2 is 2.00 bits per heavy atom. The molecular formula is C17H22F2N2O. The fourth-order valence-corrected chi connectivity index (χ4v) is 3.57. The minimum Gasteiger partial charge on any atom is -0.353 e. The number of carbonyl (C=O) groups is 1. The largest absolute Gasteiger partial charge is 0.353 e. The van der Waals surface area contributed by atoms with Crippen molar-refractivity contribution in [2.45, 2.75) is 44.1 Å². The monoisotopic (exact) mass is 308 g/mol. The van der Waals surface area contributed by atoms with Crippen LogP contribution in [0.4, 0.5) is 8.78 Å². The number of nitrogens with one attached hydrogen (secondary N) is 1. The third-order valence-electron chi connectivity index (χ3n) is 5.04. The van der Waals surface area contributed by atoms with Crippen molar-refractivity contribution in [3.8, 4) is 0 Å². The molecular weight excluding hydrogens is 286 g/mol. The van der Waals surface area contributed by atoms with Crippen molar-refractivity contribution >= 4 is 5.91 Å². The Hall–Kier alpha value is -1.49. The van der Waals surface area contributed by atoms with E-state index in [0.29, 0.717) is 24.4 Å². The first-order valence-corrected chi connectivity index (χ1v) is 8.05. The number of hydrogen-bond donors (Lipinski definition) is 2. The number of amides is 1. The van der Waals surface area contributed by atoms with Gasteiger partial charge in [-0.25, -0.2) is 8.78 Å². The highest BCUT2D eigenvalue weighted by Crippen LogP contribution is 2.48. The third-order valence-corrected chi connectivity index (χ3v) is 5.04. The highest BCUT2D eigenvalue weighted by atomic mass is 19.2. The SMILES string of the molecule is NCC1CCCCC1NC(=O)C1CC1c1ccc(F)c(F)c1. The zero-order chi connectivity index (χ0) is 15.7. The van der Waals surface area contributed by atoms with Gasteiger partial charge in [0.2, 0.25) is 5.91 Å². The van der Waals surface area contributed by atoms with E-state index in [1.807, 2.05) is 0 Å². The summed E-state index contributed by atoms with van der Waals surface area (Å²) < 4.78 is 26.2. The molecule has 3 nitrogen and oxygen atoms in total. The zero-order valence-corrected chi connectivity index (χ0v) is 12.5. The Morgan fingerprint density at radius 3 is 2.73 bits per heavy atom. The van der Waals surface area contributed by atoms with E-state index < -0.39 is 11.6 Å². The minimum absolute atomic E-state index is 0.00928. The van der Waals surface area contributed by atoms with Gasteiger partial charge in [-0.3, -0.25) is 4.79 Å². The molecule has 0 spiro atoms. The molecule has 0 bridgehead atoms. The molecule has 1 aromatic carbocycles. The molecule has 3 rings (SSSR count). The van der Waals surface area contributed by atoms with Crippen LogP contribution >= 0.6 is 0 Å². The molecule has 3 N–H and O–H groups in total. The molecule has 1 aromatic rings. The molecule has 0 heterocycles. The Morgan fingerprint density at radius 1 is 1.23 bits per heavy atom. The molecule has 2 fully saturated rings. The van der Waals surface area contributed by atoms with Crippen LogP contribution in [-0.4, -0.2) is 18.5 Å². The van der Waals surface area contributed by atoms with Gasteiger partial charge >= 0.3 is 0 Å². The van der Waals surface area contributed by atoms with Crippen LogP contribution in [0.3, 0.4) is 0 Å². The van der Waals surface area contributed by atoms with Gasteiger partial charge in [-0.05, 0) is 55.3 Å². The predicted molar refractivity (Wildman–Crippen MR) is 80.1 cm³/mol. The summed E-state index contributed by atoms with van der Waals surface area (Å²) in [7, 11) is 0. The van der Waals surface area contributed by atoms with Crippen LogP contribution in [0.25, 0.3) is 0 Å². The molecule has 1 amide bonds. The number of hydrogen-bond acceptors (Lipinski definition) is 2. The summed E-state index contributed by atoms with van der Waals surface area (Å²) in [5.74, 6) is -1.42. The van der Waals surface area contributed by atoms with Crippen LogP contribution < -0.4 is 11.1 Å². The molecule has 2 saturated carbocycles. The number of carbonyl (C=O) groups excluding carboxylic acids is 1. The Kier molecular flexibility index (Phi) is 4.43. The highest BCUT2D eigenvalue weighted by molar-refractivity contribution is 5.83. The van der Waals surface area contributed by atoms with Gasteiger partial charge in [-0.1, -0.05) is 18.9 Å². The summed E-state index contributed by atoms with van der Waals surface area (Å²) >= 11 is 0. The van der Waals surface area contributed by atoms with Gasteiger partial charge < -0.3 is 11.1 Å². The lowest BCUT2D eigenvalue weighted by atomic mass is 9.84. The molecule has 0 aromatic heterocycles. The molecule has 4 unspecified atom stereocenters. The van der Waals surface area contributed by atoms with E-state index in [4.69, 9.17) is 5.73 Å². The molecule has 4 atom stereocenters. The minimum atomic E-state index is -0.849. The lowest BCUT2D eigenvalue weighted by Gasteiger charge is -2.31. The van der Waals surface area contributed by atoms with Crippen LogP contribution in [0.5, 0.6) is 0 Å². The molecule has 2 aliphatic rings. The molecule has 0 saturated heterocycles. The molecule has 120 valence electrons. The van der Waals surface area contributed by atoms with E-state index in [1.54, 1.807) is 6.07 Å². The number of nitrogens with two attached hydrogens (primary N) is 1. The first kappa shape index (κ1) is 15.4. The van der Waals surface area contributed by atoms with Crippen molar-refractivity contribution in [3.05, 3.63) is 35.4 Å². The van der Waals surface area contributed by atoms with E-state index in [1.165, 1.54) is 12.5 Å². The average Bonchev–Trinajstić information content (AvgIpc) is 3.31. The molecule has 2 aliphatic carbocycles. The van der Waals surface area contributed by atoms with Gasteiger partial charge in [0.25, 0.3) is 0 Å². The van der Waals surface area contributed by atoms with Crippen LogP contribution in [0, 0.1) is 23.5 Å². The van der Waals surface area contributed by atoms with Crippen molar-refractivity contribution in [2.75, 3.05) is 6.54 Å². The third kappa shape index (κ3) is 3.14. The van der Waals surface area contributed by atoms with Crippen molar-refractivity contribution in [2.24, 2.45) is 17.6 Å². The van der Waals surface area contributed by atoms with Crippen LogP contribution in [0.2, 0.25) is 0 Å². The molecule has 22 heavy (non-hydrogen) atoms. The molecule has 0 aliphatic heterocycles. The second-order valence-electron chi connectivity index (χ2n) is 6.52. The second-order valence-corrected chi connectivity index (χ2v) is 6.52. The standard InChI is InChI=1S/C17H22F2N2O/c18-14-6-5-10(7-15(14)19)12-8-13(12)17(22)21-16-4-2-1-3-11(16)9-20/h5-7,11-13,16H,1-4,8-9,20H2,(H,21,22). The first-order valence-electron chi connectivity index (χ1n) is 8.05. The van der Waals surface area contributed by atoms with Gasteiger partial charge in [0.1, 0.15) is 0 Å². The normalized spacial score (nSPS) is 30.9.